The topological polar surface area (TPSA) is 103 Å². The minimum atomic E-state index is -1.10. The molecular weight excluding hydrogens is 399 g/mol. The second-order valence-corrected chi connectivity index (χ2v) is 7.42. The molecule has 1 aliphatic rings. The molecule has 0 bridgehead atoms. The van der Waals surface area contributed by atoms with Crippen molar-refractivity contribution in [3.05, 3.63) is 59.0 Å². The van der Waals surface area contributed by atoms with Crippen molar-refractivity contribution in [1.29, 1.82) is 0 Å². The first kappa shape index (κ1) is 22.2. The molecule has 7 nitrogen and oxygen atoms in total. The van der Waals surface area contributed by atoms with Crippen LogP contribution < -0.4 is 16.0 Å². The number of hydrogen-bond donors (Lipinski definition) is 4. The summed E-state index contributed by atoms with van der Waals surface area (Å²) in [5, 5.41) is 18.2. The van der Waals surface area contributed by atoms with E-state index in [-0.39, 0.29) is 12.8 Å². The van der Waals surface area contributed by atoms with Crippen LogP contribution >= 0.6 is 0 Å². The van der Waals surface area contributed by atoms with Gasteiger partial charge in [-0.3, -0.25) is 14.9 Å². The minimum Gasteiger partial charge on any atom is -0.481 e. The number of pyridine rings is 1. The molecule has 0 fully saturated rings. The Bertz CT molecular complexity index is 989. The summed E-state index contributed by atoms with van der Waals surface area (Å²) in [6.07, 6.45) is 7.23. The van der Waals surface area contributed by atoms with Crippen molar-refractivity contribution in [2.24, 2.45) is 0 Å². The lowest BCUT2D eigenvalue weighted by Gasteiger charge is -2.20. The molecular formula is C23H25FN4O3. The average molecular weight is 424 g/mol. The van der Waals surface area contributed by atoms with Crippen LogP contribution in [0.5, 0.6) is 0 Å². The molecule has 0 unspecified atom stereocenters. The molecule has 0 aliphatic carbocycles. The largest absolute Gasteiger partial charge is 0.481 e. The number of rotatable bonds is 9. The number of amides is 1. The number of fused-ring (bicyclic) bond motifs is 1. The van der Waals surface area contributed by atoms with Gasteiger partial charge >= 0.3 is 5.97 Å². The van der Waals surface area contributed by atoms with Gasteiger partial charge in [-0.25, -0.2) is 9.37 Å². The Labute approximate surface area is 180 Å². The van der Waals surface area contributed by atoms with E-state index in [2.05, 4.69) is 26.9 Å². The van der Waals surface area contributed by atoms with Gasteiger partial charge in [0.1, 0.15) is 11.6 Å². The third kappa shape index (κ3) is 6.52. The molecule has 2 heterocycles. The molecule has 1 aliphatic heterocycles. The van der Waals surface area contributed by atoms with Crippen molar-refractivity contribution in [2.45, 2.75) is 44.3 Å². The number of anilines is 1. The molecule has 1 amide bonds. The van der Waals surface area contributed by atoms with Crippen molar-refractivity contribution >= 4 is 17.7 Å². The standard InChI is InChI=1S/C23H25FN4O3/c1-2-18(26-14-19-9-8-15-6-4-10-25-23(15)27-19)12-21(29)28-20(13-22(30)31)16-5-3-7-17(24)11-16/h1,3,5,7-9,11,18,20,26H,4,6,10,12-14H2,(H,25,27)(H,28,29)(H,30,31)/t18-,20+/m1/s1. The van der Waals surface area contributed by atoms with Crippen molar-refractivity contribution in [3.63, 3.8) is 0 Å². The van der Waals surface area contributed by atoms with Crippen molar-refractivity contribution in [2.75, 3.05) is 11.9 Å². The van der Waals surface area contributed by atoms with Crippen molar-refractivity contribution in [1.82, 2.24) is 15.6 Å². The van der Waals surface area contributed by atoms with Gasteiger partial charge in [0.2, 0.25) is 5.91 Å². The Morgan fingerprint density at radius 3 is 2.87 bits per heavy atom. The number of nitrogens with one attached hydrogen (secondary N) is 3. The molecule has 0 radical (unpaired) electrons. The number of carbonyl (C=O) groups excluding carboxylic acids is 1. The zero-order valence-electron chi connectivity index (χ0n) is 17.0. The van der Waals surface area contributed by atoms with Crippen LogP contribution in [-0.2, 0) is 22.6 Å². The van der Waals surface area contributed by atoms with Crippen LogP contribution in [0.4, 0.5) is 10.2 Å². The molecule has 2 atom stereocenters. The molecule has 0 spiro atoms. The average Bonchev–Trinajstić information content (AvgIpc) is 2.75. The first-order valence-electron chi connectivity index (χ1n) is 10.1. The normalized spacial score (nSPS) is 14.5. The molecule has 4 N–H and O–H groups in total. The summed E-state index contributed by atoms with van der Waals surface area (Å²) in [5.74, 6) is 1.39. The van der Waals surface area contributed by atoms with Crippen LogP contribution in [0, 0.1) is 18.2 Å². The van der Waals surface area contributed by atoms with Gasteiger partial charge in [0, 0.05) is 13.1 Å². The number of aryl methyl sites for hydroxylation is 1. The number of halogens is 1. The molecule has 8 heteroatoms. The number of nitrogens with zero attached hydrogens (tertiary/aromatic N) is 1. The van der Waals surface area contributed by atoms with Gasteiger partial charge in [0.15, 0.2) is 0 Å². The van der Waals surface area contributed by atoms with E-state index in [1.165, 1.54) is 23.8 Å². The number of carboxylic acids is 1. The van der Waals surface area contributed by atoms with E-state index in [9.17, 15) is 14.0 Å². The quantitative estimate of drug-likeness (QED) is 0.461. The zero-order chi connectivity index (χ0) is 22.2. The molecule has 1 aromatic heterocycles. The highest BCUT2D eigenvalue weighted by Gasteiger charge is 2.20. The van der Waals surface area contributed by atoms with Gasteiger partial charge in [-0.2, -0.15) is 0 Å². The summed E-state index contributed by atoms with van der Waals surface area (Å²) >= 11 is 0. The van der Waals surface area contributed by atoms with Crippen molar-refractivity contribution < 1.29 is 19.1 Å². The molecule has 1 aromatic carbocycles. The Balaban J connectivity index is 1.58. The predicted molar refractivity (Wildman–Crippen MR) is 115 cm³/mol. The lowest BCUT2D eigenvalue weighted by atomic mass is 10.0. The SMILES string of the molecule is C#C[C@H](CC(=O)N[C@@H](CC(=O)O)c1cccc(F)c1)NCc1ccc2c(n1)NCCC2. The number of benzene rings is 1. The van der Waals surface area contributed by atoms with E-state index >= 15 is 0 Å². The first-order valence-corrected chi connectivity index (χ1v) is 10.1. The highest BCUT2D eigenvalue weighted by atomic mass is 19.1. The third-order valence-corrected chi connectivity index (χ3v) is 5.04. The number of terminal acetylenes is 1. The van der Waals surface area contributed by atoms with Crippen LogP contribution in [0.3, 0.4) is 0 Å². The zero-order valence-corrected chi connectivity index (χ0v) is 17.0. The lowest BCUT2D eigenvalue weighted by Crippen LogP contribution is -2.37. The van der Waals surface area contributed by atoms with Gasteiger partial charge < -0.3 is 15.7 Å². The van der Waals surface area contributed by atoms with Gasteiger partial charge in [-0.15, -0.1) is 6.42 Å². The van der Waals surface area contributed by atoms with Gasteiger partial charge in [-0.1, -0.05) is 24.1 Å². The highest BCUT2D eigenvalue weighted by molar-refractivity contribution is 5.78. The van der Waals surface area contributed by atoms with Crippen LogP contribution in [0.25, 0.3) is 0 Å². The number of carboxylic acid groups (broad SMARTS) is 1. The van der Waals surface area contributed by atoms with E-state index in [4.69, 9.17) is 11.5 Å². The van der Waals surface area contributed by atoms with Gasteiger partial charge in [0.05, 0.1) is 30.6 Å². The summed E-state index contributed by atoms with van der Waals surface area (Å²) < 4.78 is 13.5. The first-order chi connectivity index (χ1) is 14.9. The number of carbonyl (C=O) groups is 2. The summed E-state index contributed by atoms with van der Waals surface area (Å²) in [5.41, 5.74) is 2.37. The minimum absolute atomic E-state index is 0.0505. The third-order valence-electron chi connectivity index (χ3n) is 5.04. The van der Waals surface area contributed by atoms with E-state index in [0.717, 1.165) is 30.9 Å². The fraction of sp³-hybridized carbons (Fsp3) is 0.348. The number of hydrogen-bond acceptors (Lipinski definition) is 5. The summed E-state index contributed by atoms with van der Waals surface area (Å²) in [6, 6.07) is 8.06. The Kier molecular flexibility index (Phi) is 7.57. The highest BCUT2D eigenvalue weighted by Crippen LogP contribution is 2.20. The van der Waals surface area contributed by atoms with Crippen LogP contribution in [0.2, 0.25) is 0 Å². The van der Waals surface area contributed by atoms with Crippen molar-refractivity contribution in [3.8, 4) is 12.3 Å². The second kappa shape index (κ2) is 10.5. The van der Waals surface area contributed by atoms with E-state index in [1.54, 1.807) is 6.07 Å². The lowest BCUT2D eigenvalue weighted by molar-refractivity contribution is -0.137. The molecule has 0 saturated heterocycles. The molecule has 2 aromatic rings. The Morgan fingerprint density at radius 2 is 2.13 bits per heavy atom. The molecule has 31 heavy (non-hydrogen) atoms. The Hall–Kier alpha value is -3.44. The second-order valence-electron chi connectivity index (χ2n) is 7.42. The maximum atomic E-state index is 13.5. The summed E-state index contributed by atoms with van der Waals surface area (Å²) in [4.78, 5) is 28.3. The summed E-state index contributed by atoms with van der Waals surface area (Å²) in [7, 11) is 0. The van der Waals surface area contributed by atoms with Gasteiger partial charge in [-0.05, 0) is 42.2 Å². The predicted octanol–water partition coefficient (Wildman–Crippen LogP) is 2.39. The Morgan fingerprint density at radius 1 is 1.29 bits per heavy atom. The summed E-state index contributed by atoms with van der Waals surface area (Å²) in [6.45, 7) is 1.28. The monoisotopic (exact) mass is 424 g/mol. The fourth-order valence-corrected chi connectivity index (χ4v) is 3.47. The van der Waals surface area contributed by atoms with E-state index in [1.807, 2.05) is 12.1 Å². The molecule has 3 rings (SSSR count). The maximum Gasteiger partial charge on any atom is 0.305 e. The van der Waals surface area contributed by atoms with E-state index in [0.29, 0.717) is 12.1 Å². The van der Waals surface area contributed by atoms with E-state index < -0.39 is 29.8 Å². The smallest absolute Gasteiger partial charge is 0.305 e. The number of aliphatic carboxylic acids is 1. The van der Waals surface area contributed by atoms with Gasteiger partial charge in [0.25, 0.3) is 0 Å². The van der Waals surface area contributed by atoms with Crippen LogP contribution in [0.15, 0.2) is 36.4 Å². The molecule has 162 valence electrons. The maximum absolute atomic E-state index is 13.5. The fourth-order valence-electron chi connectivity index (χ4n) is 3.47. The van der Waals surface area contributed by atoms with Crippen LogP contribution in [0.1, 0.15) is 42.1 Å². The number of aromatic nitrogens is 1. The molecule has 0 saturated carbocycles. The van der Waals surface area contributed by atoms with Crippen LogP contribution in [-0.4, -0.2) is 34.6 Å².